The van der Waals surface area contributed by atoms with Gasteiger partial charge in [-0.2, -0.15) is 0 Å². The lowest BCUT2D eigenvalue weighted by molar-refractivity contribution is -0.138. The van der Waals surface area contributed by atoms with Gasteiger partial charge in [0.05, 0.1) is 19.5 Å². The lowest BCUT2D eigenvalue weighted by Crippen LogP contribution is -2.04. The molecule has 0 radical (unpaired) electrons. The van der Waals surface area contributed by atoms with Gasteiger partial charge in [0, 0.05) is 12.2 Å². The first-order valence-electron chi connectivity index (χ1n) is 4.47. The second kappa shape index (κ2) is 8.80. The molecule has 0 aromatic rings. The average Bonchev–Trinajstić information content (AvgIpc) is 2.20. The Kier molecular flexibility index (Phi) is 7.76. The highest BCUT2D eigenvalue weighted by atomic mass is 16.5. The molecule has 0 aliphatic carbocycles. The lowest BCUT2D eigenvalue weighted by atomic mass is 10.3. The minimum Gasteiger partial charge on any atom is -0.502 e. The van der Waals surface area contributed by atoms with Crippen molar-refractivity contribution in [1.82, 2.24) is 0 Å². The smallest absolute Gasteiger partial charge is 0.331 e. The Morgan fingerprint density at radius 1 is 1.20 bits per heavy atom. The van der Waals surface area contributed by atoms with Gasteiger partial charge in [0.15, 0.2) is 0 Å². The van der Waals surface area contributed by atoms with Crippen LogP contribution in [-0.4, -0.2) is 30.3 Å². The third-order valence-corrected chi connectivity index (χ3v) is 1.38. The van der Waals surface area contributed by atoms with Gasteiger partial charge in [-0.15, -0.1) is 0 Å². The molecular weight excluding hydrogens is 200 g/mol. The summed E-state index contributed by atoms with van der Waals surface area (Å²) in [5, 5.41) is 8.21. The summed E-state index contributed by atoms with van der Waals surface area (Å²) in [6, 6.07) is 0. The minimum absolute atomic E-state index is 0.253. The number of carboxylic acid groups (broad SMARTS) is 1. The molecule has 0 aromatic heterocycles. The van der Waals surface area contributed by atoms with Gasteiger partial charge in [0.1, 0.15) is 0 Å². The van der Waals surface area contributed by atoms with Crippen LogP contribution in [0.25, 0.3) is 0 Å². The summed E-state index contributed by atoms with van der Waals surface area (Å²) in [5.74, 6) is -1.83. The van der Waals surface area contributed by atoms with Crippen LogP contribution in [0.3, 0.4) is 0 Å². The van der Waals surface area contributed by atoms with Crippen molar-refractivity contribution in [3.8, 4) is 0 Å². The highest BCUT2D eigenvalue weighted by Gasteiger charge is 1.97. The topological polar surface area (TPSA) is 72.8 Å². The monoisotopic (exact) mass is 214 g/mol. The summed E-state index contributed by atoms with van der Waals surface area (Å²) in [6.07, 6.45) is 4.38. The molecule has 5 nitrogen and oxygen atoms in total. The molecule has 1 N–H and O–H groups in total. The van der Waals surface area contributed by atoms with Crippen LogP contribution >= 0.6 is 0 Å². The third-order valence-electron chi connectivity index (χ3n) is 1.38. The Balaban J connectivity index is 3.39. The number of hydrogen-bond donors (Lipinski definition) is 1. The maximum absolute atomic E-state index is 10.8. The van der Waals surface area contributed by atoms with E-state index in [1.807, 2.05) is 0 Å². The van der Waals surface area contributed by atoms with Gasteiger partial charge >= 0.3 is 11.9 Å². The van der Waals surface area contributed by atoms with E-state index in [2.05, 4.69) is 6.58 Å². The van der Waals surface area contributed by atoms with Crippen molar-refractivity contribution < 1.29 is 24.2 Å². The molecule has 0 bridgehead atoms. The molecule has 0 spiro atoms. The van der Waals surface area contributed by atoms with Crippen LogP contribution in [-0.2, 0) is 19.1 Å². The Hall–Kier alpha value is -1.78. The molecular formula is C10H14O5. The summed E-state index contributed by atoms with van der Waals surface area (Å²) in [7, 11) is 0. The van der Waals surface area contributed by atoms with Crippen molar-refractivity contribution in [2.24, 2.45) is 0 Å². The van der Waals surface area contributed by atoms with Crippen molar-refractivity contribution in [1.29, 1.82) is 0 Å². The zero-order valence-corrected chi connectivity index (χ0v) is 8.35. The number of rotatable bonds is 8. The van der Waals surface area contributed by atoms with E-state index in [-0.39, 0.29) is 6.61 Å². The quantitative estimate of drug-likeness (QED) is 0.283. The molecule has 0 aliphatic heterocycles. The number of unbranched alkanes of at least 4 members (excludes halogenated alkanes) is 1. The Morgan fingerprint density at radius 3 is 2.47 bits per heavy atom. The van der Waals surface area contributed by atoms with Gasteiger partial charge in [0.25, 0.3) is 0 Å². The lowest BCUT2D eigenvalue weighted by Gasteiger charge is -2.01. The summed E-state index contributed by atoms with van der Waals surface area (Å²) in [4.78, 5) is 20.8. The van der Waals surface area contributed by atoms with E-state index in [1.165, 1.54) is 6.26 Å². The Morgan fingerprint density at radius 2 is 1.87 bits per heavy atom. The summed E-state index contributed by atoms with van der Waals surface area (Å²) >= 11 is 0. The van der Waals surface area contributed by atoms with Gasteiger partial charge in [-0.3, -0.25) is 0 Å². The van der Waals surface area contributed by atoms with Crippen LogP contribution in [0, 0.1) is 0 Å². The van der Waals surface area contributed by atoms with Gasteiger partial charge in [-0.1, -0.05) is 6.58 Å². The van der Waals surface area contributed by atoms with E-state index in [1.54, 1.807) is 0 Å². The molecule has 0 aliphatic rings. The fourth-order valence-electron chi connectivity index (χ4n) is 0.731. The number of esters is 1. The zero-order valence-electron chi connectivity index (χ0n) is 8.35. The summed E-state index contributed by atoms with van der Waals surface area (Å²) in [6.45, 7) is 4.16. The molecule has 0 saturated heterocycles. The van der Waals surface area contributed by atoms with Gasteiger partial charge in [-0.25, -0.2) is 9.59 Å². The number of hydrogen-bond acceptors (Lipinski definition) is 4. The van der Waals surface area contributed by atoms with Crippen molar-refractivity contribution in [3.63, 3.8) is 0 Å². The van der Waals surface area contributed by atoms with Crippen LogP contribution in [0.2, 0.25) is 0 Å². The maximum atomic E-state index is 10.8. The third kappa shape index (κ3) is 10.1. The number of carboxylic acids is 1. The van der Waals surface area contributed by atoms with E-state index in [0.29, 0.717) is 13.0 Å². The fourth-order valence-corrected chi connectivity index (χ4v) is 0.731. The molecule has 0 fully saturated rings. The second-order valence-corrected chi connectivity index (χ2v) is 2.58. The molecule has 15 heavy (non-hydrogen) atoms. The van der Waals surface area contributed by atoms with E-state index in [0.717, 1.165) is 18.6 Å². The van der Waals surface area contributed by atoms with Crippen molar-refractivity contribution in [3.05, 3.63) is 25.0 Å². The molecule has 0 amide bonds. The van der Waals surface area contributed by atoms with Crippen LogP contribution in [0.1, 0.15) is 12.8 Å². The molecule has 0 rings (SSSR count). The number of ether oxygens (including phenoxy) is 2. The largest absolute Gasteiger partial charge is 0.502 e. The van der Waals surface area contributed by atoms with E-state index < -0.39 is 11.9 Å². The van der Waals surface area contributed by atoms with Crippen LogP contribution in [0.5, 0.6) is 0 Å². The number of aliphatic carboxylic acids is 1. The highest BCUT2D eigenvalue weighted by Crippen LogP contribution is 1.92. The maximum Gasteiger partial charge on any atom is 0.331 e. The molecule has 0 atom stereocenters. The first-order valence-corrected chi connectivity index (χ1v) is 4.47. The van der Waals surface area contributed by atoms with E-state index in [9.17, 15) is 9.59 Å². The molecule has 0 unspecified atom stereocenters. The van der Waals surface area contributed by atoms with Crippen LogP contribution < -0.4 is 0 Å². The Labute approximate surface area is 88.0 Å². The van der Waals surface area contributed by atoms with Crippen LogP contribution in [0.4, 0.5) is 0 Å². The Bertz CT molecular complexity index is 244. The van der Waals surface area contributed by atoms with E-state index in [4.69, 9.17) is 14.6 Å². The van der Waals surface area contributed by atoms with Crippen molar-refractivity contribution >= 4 is 11.9 Å². The fraction of sp³-hybridized carbons (Fsp3) is 0.400. The highest BCUT2D eigenvalue weighted by molar-refractivity contribution is 5.90. The predicted molar refractivity (Wildman–Crippen MR) is 53.1 cm³/mol. The molecule has 0 aromatic carbocycles. The van der Waals surface area contributed by atoms with Crippen LogP contribution in [0.15, 0.2) is 25.0 Å². The molecule has 0 heterocycles. The van der Waals surface area contributed by atoms with Crippen molar-refractivity contribution in [2.75, 3.05) is 13.2 Å². The minimum atomic E-state index is -1.17. The second-order valence-electron chi connectivity index (χ2n) is 2.58. The molecule has 5 heteroatoms. The normalized spacial score (nSPS) is 9.87. The SMILES string of the molecule is C=COCCCCOC(=O)/C=C\C(=O)O. The summed E-state index contributed by atoms with van der Waals surface area (Å²) in [5.41, 5.74) is 0. The molecule has 0 saturated carbocycles. The van der Waals surface area contributed by atoms with Gasteiger partial charge in [0.2, 0.25) is 0 Å². The predicted octanol–water partition coefficient (Wildman–Crippen LogP) is 1.11. The van der Waals surface area contributed by atoms with Gasteiger partial charge < -0.3 is 14.6 Å². The first-order chi connectivity index (χ1) is 7.16. The molecule has 84 valence electrons. The average molecular weight is 214 g/mol. The van der Waals surface area contributed by atoms with Gasteiger partial charge in [-0.05, 0) is 12.8 Å². The first kappa shape index (κ1) is 13.2. The number of carbonyl (C=O) groups is 2. The summed E-state index contributed by atoms with van der Waals surface area (Å²) < 4.78 is 9.55. The zero-order chi connectivity index (χ0) is 11.5. The number of carbonyl (C=O) groups excluding carboxylic acids is 1. The van der Waals surface area contributed by atoms with E-state index >= 15 is 0 Å². The standard InChI is InChI=1S/C10H14O5/c1-2-14-7-3-4-8-15-10(13)6-5-9(11)12/h2,5-6H,1,3-4,7-8H2,(H,11,12)/b6-5-. The van der Waals surface area contributed by atoms with Crippen molar-refractivity contribution in [2.45, 2.75) is 12.8 Å².